The summed E-state index contributed by atoms with van der Waals surface area (Å²) in [6.07, 6.45) is 12.4. The first-order valence-corrected chi connectivity index (χ1v) is 10.8. The molecule has 0 atom stereocenters. The van der Waals surface area contributed by atoms with E-state index in [0.717, 1.165) is 42.3 Å². The van der Waals surface area contributed by atoms with Gasteiger partial charge >= 0.3 is 0 Å². The fourth-order valence-corrected chi connectivity index (χ4v) is 5.56. The number of rotatable bonds is 4. The lowest BCUT2D eigenvalue weighted by Crippen LogP contribution is -2.36. The van der Waals surface area contributed by atoms with Crippen molar-refractivity contribution in [3.05, 3.63) is 26.6 Å². The molecule has 0 bridgehead atoms. The summed E-state index contributed by atoms with van der Waals surface area (Å²) < 4.78 is 0. The summed E-state index contributed by atoms with van der Waals surface area (Å²) >= 11 is 1.67. The van der Waals surface area contributed by atoms with E-state index in [9.17, 15) is 9.59 Å². The SMILES string of the molecule is O=C(CCc1nc2sc3c(c2c(=O)[nH]1)CCCCC3)NC1CCCCC1. The molecule has 2 aliphatic carbocycles. The summed E-state index contributed by atoms with van der Waals surface area (Å²) in [7, 11) is 0. The van der Waals surface area contributed by atoms with Gasteiger partial charge in [0.25, 0.3) is 5.56 Å². The van der Waals surface area contributed by atoms with Crippen molar-refractivity contribution in [2.75, 3.05) is 0 Å². The Morgan fingerprint density at radius 1 is 1.12 bits per heavy atom. The Kier molecular flexibility index (Phi) is 5.38. The second kappa shape index (κ2) is 7.91. The zero-order valence-electron chi connectivity index (χ0n) is 15.2. The summed E-state index contributed by atoms with van der Waals surface area (Å²) in [5.41, 5.74) is 1.19. The normalized spacial score (nSPS) is 18.5. The van der Waals surface area contributed by atoms with Crippen LogP contribution in [0.5, 0.6) is 0 Å². The maximum atomic E-state index is 12.6. The van der Waals surface area contributed by atoms with Crippen LogP contribution in [0.25, 0.3) is 10.2 Å². The highest BCUT2D eigenvalue weighted by Crippen LogP contribution is 2.32. The molecule has 0 aliphatic heterocycles. The third-order valence-corrected chi connectivity index (χ3v) is 6.87. The molecule has 2 aromatic rings. The molecule has 1 fully saturated rings. The van der Waals surface area contributed by atoms with Crippen LogP contribution < -0.4 is 10.9 Å². The Bertz CT molecular complexity index is 849. The molecular weight excluding hydrogens is 346 g/mol. The van der Waals surface area contributed by atoms with Gasteiger partial charge in [-0.05, 0) is 44.1 Å². The van der Waals surface area contributed by atoms with Crippen molar-refractivity contribution in [3.63, 3.8) is 0 Å². The van der Waals surface area contributed by atoms with Crippen molar-refractivity contribution < 1.29 is 4.79 Å². The Morgan fingerprint density at radius 3 is 2.73 bits per heavy atom. The van der Waals surface area contributed by atoms with E-state index >= 15 is 0 Å². The number of aromatic amines is 1. The third-order valence-electron chi connectivity index (χ3n) is 5.68. The molecule has 1 amide bonds. The molecule has 0 unspecified atom stereocenters. The molecule has 2 aliphatic rings. The van der Waals surface area contributed by atoms with Crippen molar-refractivity contribution in [1.29, 1.82) is 0 Å². The minimum atomic E-state index is -0.0305. The van der Waals surface area contributed by atoms with Crippen LogP contribution in [-0.2, 0) is 24.1 Å². The van der Waals surface area contributed by atoms with Crippen molar-refractivity contribution >= 4 is 27.5 Å². The van der Waals surface area contributed by atoms with Gasteiger partial charge in [0.15, 0.2) is 0 Å². The molecule has 2 heterocycles. The molecule has 5 nitrogen and oxygen atoms in total. The van der Waals surface area contributed by atoms with Crippen molar-refractivity contribution in [3.8, 4) is 0 Å². The van der Waals surface area contributed by atoms with Gasteiger partial charge in [0.1, 0.15) is 10.7 Å². The molecule has 2 aromatic heterocycles. The van der Waals surface area contributed by atoms with Crippen LogP contribution in [0.2, 0.25) is 0 Å². The van der Waals surface area contributed by atoms with Gasteiger partial charge in [-0.3, -0.25) is 9.59 Å². The van der Waals surface area contributed by atoms with E-state index in [1.165, 1.54) is 42.5 Å². The highest BCUT2D eigenvalue weighted by atomic mass is 32.1. The molecule has 6 heteroatoms. The number of H-pyrrole nitrogens is 1. The van der Waals surface area contributed by atoms with Crippen LogP contribution in [0.15, 0.2) is 4.79 Å². The van der Waals surface area contributed by atoms with Gasteiger partial charge in [0, 0.05) is 23.8 Å². The quantitative estimate of drug-likeness (QED) is 0.804. The van der Waals surface area contributed by atoms with Gasteiger partial charge in [-0.25, -0.2) is 4.98 Å². The number of hydrogen-bond acceptors (Lipinski definition) is 4. The molecule has 0 radical (unpaired) electrons. The fraction of sp³-hybridized carbons (Fsp3) is 0.650. The number of amides is 1. The minimum absolute atomic E-state index is 0.0305. The molecule has 0 aromatic carbocycles. The van der Waals surface area contributed by atoms with Crippen LogP contribution in [0.3, 0.4) is 0 Å². The first-order valence-electron chi connectivity index (χ1n) is 10.0. The van der Waals surface area contributed by atoms with Crippen LogP contribution >= 0.6 is 11.3 Å². The van der Waals surface area contributed by atoms with Crippen molar-refractivity contribution in [1.82, 2.24) is 15.3 Å². The van der Waals surface area contributed by atoms with Crippen LogP contribution in [0.1, 0.15) is 74.1 Å². The van der Waals surface area contributed by atoms with Crippen LogP contribution in [-0.4, -0.2) is 21.9 Å². The van der Waals surface area contributed by atoms with Gasteiger partial charge in [-0.15, -0.1) is 11.3 Å². The minimum Gasteiger partial charge on any atom is -0.353 e. The van der Waals surface area contributed by atoms with Gasteiger partial charge in [0.05, 0.1) is 5.39 Å². The number of hydrogen-bond donors (Lipinski definition) is 2. The molecule has 140 valence electrons. The molecule has 0 spiro atoms. The van der Waals surface area contributed by atoms with Crippen LogP contribution in [0.4, 0.5) is 0 Å². The van der Waals surface area contributed by atoms with E-state index in [4.69, 9.17) is 0 Å². The molecule has 0 saturated heterocycles. The van der Waals surface area contributed by atoms with Gasteiger partial charge < -0.3 is 10.3 Å². The molecule has 2 N–H and O–H groups in total. The van der Waals surface area contributed by atoms with Crippen LogP contribution in [0, 0.1) is 0 Å². The Labute approximate surface area is 157 Å². The van der Waals surface area contributed by atoms with E-state index in [2.05, 4.69) is 15.3 Å². The Morgan fingerprint density at radius 2 is 1.88 bits per heavy atom. The maximum Gasteiger partial charge on any atom is 0.259 e. The van der Waals surface area contributed by atoms with Gasteiger partial charge in [-0.2, -0.15) is 0 Å². The Hall–Kier alpha value is -1.69. The second-order valence-corrected chi connectivity index (χ2v) is 8.74. The number of carbonyl (C=O) groups excluding carboxylic acids is 1. The summed E-state index contributed by atoms with van der Waals surface area (Å²) in [6, 6.07) is 0.332. The van der Waals surface area contributed by atoms with Gasteiger partial charge in [-0.1, -0.05) is 25.7 Å². The first-order chi connectivity index (χ1) is 12.7. The lowest BCUT2D eigenvalue weighted by atomic mass is 9.95. The zero-order chi connectivity index (χ0) is 17.9. The molecular formula is C20H27N3O2S. The Balaban J connectivity index is 1.45. The average Bonchev–Trinajstić information content (AvgIpc) is 2.83. The average molecular weight is 374 g/mol. The highest BCUT2D eigenvalue weighted by molar-refractivity contribution is 7.18. The number of aryl methyl sites for hydroxylation is 3. The summed E-state index contributed by atoms with van der Waals surface area (Å²) in [5.74, 6) is 0.708. The van der Waals surface area contributed by atoms with Gasteiger partial charge in [0.2, 0.25) is 5.91 Å². The third kappa shape index (κ3) is 3.85. The number of thiophene rings is 1. The summed E-state index contributed by atoms with van der Waals surface area (Å²) in [6.45, 7) is 0. The molecule has 26 heavy (non-hydrogen) atoms. The van der Waals surface area contributed by atoms with E-state index < -0.39 is 0 Å². The first kappa shape index (κ1) is 17.7. The predicted molar refractivity (Wildman–Crippen MR) is 105 cm³/mol. The number of fused-ring (bicyclic) bond motifs is 3. The maximum absolute atomic E-state index is 12.6. The summed E-state index contributed by atoms with van der Waals surface area (Å²) in [5, 5.41) is 3.93. The molecule has 4 rings (SSSR count). The highest BCUT2D eigenvalue weighted by Gasteiger charge is 2.19. The van der Waals surface area contributed by atoms with Crippen molar-refractivity contribution in [2.24, 2.45) is 0 Å². The lowest BCUT2D eigenvalue weighted by molar-refractivity contribution is -0.122. The standard InChI is InChI=1S/C20H27N3O2S/c24-17(21-13-7-3-1-4-8-13)12-11-16-22-19(25)18-14-9-5-2-6-10-15(14)26-20(18)23-16/h13H,1-12H2,(H,21,24)(H,22,23,25). The number of nitrogens with zero attached hydrogens (tertiary/aromatic N) is 1. The largest absolute Gasteiger partial charge is 0.353 e. The summed E-state index contributed by atoms with van der Waals surface area (Å²) in [4.78, 5) is 34.6. The zero-order valence-corrected chi connectivity index (χ0v) is 16.1. The number of carbonyl (C=O) groups is 1. The monoisotopic (exact) mass is 373 g/mol. The van der Waals surface area contributed by atoms with E-state index in [0.29, 0.717) is 24.7 Å². The predicted octanol–water partition coefficient (Wildman–Crippen LogP) is 3.64. The van der Waals surface area contributed by atoms with Crippen molar-refractivity contribution in [2.45, 2.75) is 83.1 Å². The van der Waals surface area contributed by atoms with E-state index in [1.807, 2.05) is 0 Å². The smallest absolute Gasteiger partial charge is 0.259 e. The van der Waals surface area contributed by atoms with E-state index in [-0.39, 0.29) is 11.5 Å². The topological polar surface area (TPSA) is 74.8 Å². The number of aromatic nitrogens is 2. The lowest BCUT2D eigenvalue weighted by Gasteiger charge is -2.22. The second-order valence-electron chi connectivity index (χ2n) is 7.66. The fourth-order valence-electron chi connectivity index (χ4n) is 4.28. The van der Waals surface area contributed by atoms with E-state index in [1.54, 1.807) is 11.3 Å². The molecule has 1 saturated carbocycles. The number of nitrogens with one attached hydrogen (secondary N) is 2.